The van der Waals surface area contributed by atoms with E-state index in [1.54, 1.807) is 29.1 Å². The van der Waals surface area contributed by atoms with Gasteiger partial charge in [0.2, 0.25) is 5.89 Å². The van der Waals surface area contributed by atoms with Crippen molar-refractivity contribution in [3.05, 3.63) is 53.3 Å². The van der Waals surface area contributed by atoms with E-state index in [4.69, 9.17) is 21.8 Å². The van der Waals surface area contributed by atoms with Crippen LogP contribution in [0.4, 0.5) is 14.6 Å². The van der Waals surface area contributed by atoms with Crippen LogP contribution < -0.4 is 5.73 Å². The maximum absolute atomic E-state index is 12.6. The number of hydrogen-bond donors (Lipinski definition) is 1. The lowest BCUT2D eigenvalue weighted by Crippen LogP contribution is -2.01. The minimum atomic E-state index is -2.83. The van der Waals surface area contributed by atoms with Crippen LogP contribution in [-0.4, -0.2) is 35.2 Å². The predicted octanol–water partition coefficient (Wildman–Crippen LogP) is 4.22. The number of halogens is 3. The van der Waals surface area contributed by atoms with Crippen molar-refractivity contribution >= 4 is 39.0 Å². The summed E-state index contributed by atoms with van der Waals surface area (Å²) in [4.78, 5) is 9.84. The lowest BCUT2D eigenvalue weighted by molar-refractivity contribution is 0.116. The van der Waals surface area contributed by atoms with Gasteiger partial charge in [-0.1, -0.05) is 22.9 Å². The monoisotopic (exact) mass is 460 g/mol. The molecule has 0 fully saturated rings. The number of anilines is 1. The van der Waals surface area contributed by atoms with Crippen molar-refractivity contribution in [1.82, 2.24) is 35.2 Å². The Balaban J connectivity index is 1.37. The van der Waals surface area contributed by atoms with E-state index in [0.717, 1.165) is 20.7 Å². The molecule has 0 bridgehead atoms. The molecule has 5 aromatic rings. The van der Waals surface area contributed by atoms with Crippen molar-refractivity contribution in [2.24, 2.45) is 0 Å². The molecule has 0 unspecified atom stereocenters. The molecular formula is C18H11ClF2N8OS. The normalized spacial score (nSPS) is 11.6. The van der Waals surface area contributed by atoms with Crippen molar-refractivity contribution in [2.45, 2.75) is 13.0 Å². The van der Waals surface area contributed by atoms with Crippen LogP contribution in [0.2, 0.25) is 5.02 Å². The average Bonchev–Trinajstić information content (AvgIpc) is 3.49. The average molecular weight is 461 g/mol. The molecule has 31 heavy (non-hydrogen) atoms. The molecule has 0 aliphatic rings. The van der Waals surface area contributed by atoms with E-state index < -0.39 is 12.3 Å². The second-order valence-corrected chi connectivity index (χ2v) is 7.88. The van der Waals surface area contributed by atoms with Gasteiger partial charge in [-0.25, -0.2) is 14.6 Å². The first-order valence-electron chi connectivity index (χ1n) is 8.79. The molecule has 0 saturated heterocycles. The summed E-state index contributed by atoms with van der Waals surface area (Å²) in [6.45, 7) is 0.352. The zero-order valence-electron chi connectivity index (χ0n) is 15.4. The molecule has 9 nitrogen and oxygen atoms in total. The molecule has 0 radical (unpaired) electrons. The van der Waals surface area contributed by atoms with Gasteiger partial charge in [0.05, 0.1) is 23.0 Å². The topological polar surface area (TPSA) is 121 Å². The van der Waals surface area contributed by atoms with Crippen LogP contribution in [0.15, 0.2) is 41.2 Å². The zero-order chi connectivity index (χ0) is 21.5. The summed E-state index contributed by atoms with van der Waals surface area (Å²) in [5, 5.41) is 16.5. The van der Waals surface area contributed by atoms with Crippen molar-refractivity contribution in [3.63, 3.8) is 0 Å². The third-order valence-corrected chi connectivity index (χ3v) is 5.83. The predicted molar refractivity (Wildman–Crippen MR) is 110 cm³/mol. The standard InChI is InChI=1S/C18H11ClF2N8OS/c19-11-3-8(16-26-27-17(30-16)14(20)21)1-2-9(11)5-29-6-12(25-28-29)13-4-10-15(22)23-7-24-18(10)31-13/h1-4,6-7,14H,5H2,(H2,22,23,24). The highest BCUT2D eigenvalue weighted by molar-refractivity contribution is 7.21. The second kappa shape index (κ2) is 7.63. The van der Waals surface area contributed by atoms with Gasteiger partial charge in [0.1, 0.15) is 22.7 Å². The van der Waals surface area contributed by atoms with Crippen LogP contribution >= 0.6 is 22.9 Å². The Bertz CT molecular complexity index is 1400. The summed E-state index contributed by atoms with van der Waals surface area (Å²) < 4.78 is 31.9. The van der Waals surface area contributed by atoms with Gasteiger partial charge in [0.25, 0.3) is 5.89 Å². The summed E-state index contributed by atoms with van der Waals surface area (Å²) in [5.74, 6) is -0.355. The van der Waals surface area contributed by atoms with Gasteiger partial charge in [0, 0.05) is 10.6 Å². The lowest BCUT2D eigenvalue weighted by atomic mass is 10.1. The number of alkyl halides is 2. The van der Waals surface area contributed by atoms with E-state index in [1.807, 2.05) is 6.07 Å². The van der Waals surface area contributed by atoms with Crippen LogP contribution in [-0.2, 0) is 6.54 Å². The number of nitrogens with zero attached hydrogens (tertiary/aromatic N) is 7. The van der Waals surface area contributed by atoms with E-state index in [9.17, 15) is 8.78 Å². The number of nitrogen functional groups attached to an aromatic ring is 1. The number of hydrogen-bond acceptors (Lipinski definition) is 9. The Hall–Kier alpha value is -3.51. The van der Waals surface area contributed by atoms with Gasteiger partial charge in [-0.15, -0.1) is 26.6 Å². The zero-order valence-corrected chi connectivity index (χ0v) is 17.0. The Kier molecular flexibility index (Phi) is 4.79. The molecule has 0 atom stereocenters. The van der Waals surface area contributed by atoms with E-state index in [-0.39, 0.29) is 5.89 Å². The fourth-order valence-corrected chi connectivity index (χ4v) is 4.11. The third kappa shape index (κ3) is 3.70. The van der Waals surface area contributed by atoms with Crippen molar-refractivity contribution < 1.29 is 13.2 Å². The molecule has 4 aromatic heterocycles. The van der Waals surface area contributed by atoms with Gasteiger partial charge in [0.15, 0.2) is 0 Å². The highest BCUT2D eigenvalue weighted by atomic mass is 35.5. The molecule has 1 aromatic carbocycles. The summed E-state index contributed by atoms with van der Waals surface area (Å²) >= 11 is 7.81. The third-order valence-electron chi connectivity index (χ3n) is 4.41. The smallest absolute Gasteiger partial charge is 0.314 e. The Morgan fingerprint density at radius 1 is 1.16 bits per heavy atom. The van der Waals surface area contributed by atoms with Crippen molar-refractivity contribution in [1.29, 1.82) is 0 Å². The van der Waals surface area contributed by atoms with E-state index in [0.29, 0.717) is 28.6 Å². The minimum absolute atomic E-state index is 0.0288. The fraction of sp³-hybridized carbons (Fsp3) is 0.111. The molecule has 5 rings (SSSR count). The molecule has 0 amide bonds. The highest BCUT2D eigenvalue weighted by Gasteiger charge is 2.18. The second-order valence-electron chi connectivity index (χ2n) is 6.44. The van der Waals surface area contributed by atoms with Crippen LogP contribution in [0.5, 0.6) is 0 Å². The number of rotatable bonds is 5. The molecule has 156 valence electrons. The first kappa shape index (κ1) is 19.5. The van der Waals surface area contributed by atoms with E-state index >= 15 is 0 Å². The van der Waals surface area contributed by atoms with Crippen LogP contribution in [0, 0.1) is 0 Å². The molecule has 0 spiro atoms. The van der Waals surface area contributed by atoms with Gasteiger partial charge >= 0.3 is 6.43 Å². The van der Waals surface area contributed by atoms with Crippen LogP contribution in [0.1, 0.15) is 17.9 Å². The molecule has 0 aliphatic heterocycles. The lowest BCUT2D eigenvalue weighted by Gasteiger charge is -2.05. The number of fused-ring (bicyclic) bond motifs is 1. The molecule has 2 N–H and O–H groups in total. The maximum atomic E-state index is 12.6. The maximum Gasteiger partial charge on any atom is 0.314 e. The highest BCUT2D eigenvalue weighted by Crippen LogP contribution is 2.33. The van der Waals surface area contributed by atoms with Crippen molar-refractivity contribution in [3.8, 4) is 22.0 Å². The van der Waals surface area contributed by atoms with Gasteiger partial charge < -0.3 is 10.2 Å². The Labute approximate surface area is 181 Å². The van der Waals surface area contributed by atoms with Gasteiger partial charge in [-0.3, -0.25) is 0 Å². The minimum Gasteiger partial charge on any atom is -0.415 e. The van der Waals surface area contributed by atoms with Gasteiger partial charge in [-0.05, 0) is 23.8 Å². The number of nitrogens with two attached hydrogens (primary N) is 1. The Morgan fingerprint density at radius 3 is 2.77 bits per heavy atom. The van der Waals surface area contributed by atoms with Gasteiger partial charge in [-0.2, -0.15) is 8.78 Å². The molecule has 0 saturated carbocycles. The molecule has 4 heterocycles. The van der Waals surface area contributed by atoms with E-state index in [2.05, 4.69) is 30.5 Å². The SMILES string of the molecule is Nc1ncnc2sc(-c3cn(Cc4ccc(-c5nnc(C(F)F)o5)cc4Cl)nn3)cc12. The number of aromatic nitrogens is 7. The molecular weight excluding hydrogens is 450 g/mol. The number of benzene rings is 1. The number of thiophene rings is 1. The largest absolute Gasteiger partial charge is 0.415 e. The Morgan fingerprint density at radius 2 is 2.03 bits per heavy atom. The molecule has 13 heteroatoms. The van der Waals surface area contributed by atoms with Crippen LogP contribution in [0.25, 0.3) is 32.2 Å². The van der Waals surface area contributed by atoms with Crippen LogP contribution in [0.3, 0.4) is 0 Å². The first-order chi connectivity index (χ1) is 15.0. The summed E-state index contributed by atoms with van der Waals surface area (Å²) in [6.07, 6.45) is 0.371. The quantitative estimate of drug-likeness (QED) is 0.413. The fourth-order valence-electron chi connectivity index (χ4n) is 2.91. The van der Waals surface area contributed by atoms with Crippen molar-refractivity contribution in [2.75, 3.05) is 5.73 Å². The summed E-state index contributed by atoms with van der Waals surface area (Å²) in [7, 11) is 0. The summed E-state index contributed by atoms with van der Waals surface area (Å²) in [5.41, 5.74) is 7.75. The molecule has 0 aliphatic carbocycles. The summed E-state index contributed by atoms with van der Waals surface area (Å²) in [6, 6.07) is 6.85. The first-order valence-corrected chi connectivity index (χ1v) is 9.98. The van der Waals surface area contributed by atoms with E-state index in [1.165, 1.54) is 17.7 Å².